The number of aromatic nitrogens is 1. The van der Waals surface area contributed by atoms with Crippen molar-refractivity contribution >= 4 is 0 Å². The molecule has 0 amide bonds. The van der Waals surface area contributed by atoms with Gasteiger partial charge in [0.15, 0.2) is 0 Å². The summed E-state index contributed by atoms with van der Waals surface area (Å²) in [6.07, 6.45) is 2.82. The Labute approximate surface area is 118 Å². The number of benzene rings is 1. The summed E-state index contributed by atoms with van der Waals surface area (Å²) in [5, 5.41) is 3.33. The van der Waals surface area contributed by atoms with Gasteiger partial charge in [0.05, 0.1) is 0 Å². The minimum absolute atomic E-state index is 0.233. The van der Waals surface area contributed by atoms with Crippen molar-refractivity contribution in [1.29, 1.82) is 0 Å². The average molecular weight is 274 g/mol. The summed E-state index contributed by atoms with van der Waals surface area (Å²) >= 11 is 0. The number of nitrogens with one attached hydrogen (secondary N) is 1. The van der Waals surface area contributed by atoms with Gasteiger partial charge in [0.2, 0.25) is 5.88 Å². The molecule has 0 aliphatic rings. The number of pyridine rings is 1. The molecule has 2 aromatic rings. The Morgan fingerprint density at radius 3 is 2.85 bits per heavy atom. The lowest BCUT2D eigenvalue weighted by Crippen LogP contribution is -2.13. The zero-order valence-corrected chi connectivity index (χ0v) is 11.8. The number of rotatable bonds is 6. The summed E-state index contributed by atoms with van der Waals surface area (Å²) in [7, 11) is 0. The first-order valence-corrected chi connectivity index (χ1v) is 6.78. The number of halogens is 1. The normalized spacial score (nSPS) is 10.6. The van der Waals surface area contributed by atoms with Gasteiger partial charge < -0.3 is 10.1 Å². The fourth-order valence-electron chi connectivity index (χ4n) is 1.83. The average Bonchev–Trinajstić information content (AvgIpc) is 2.44. The van der Waals surface area contributed by atoms with E-state index in [0.29, 0.717) is 17.2 Å². The third-order valence-electron chi connectivity index (χ3n) is 2.91. The summed E-state index contributed by atoms with van der Waals surface area (Å²) in [4.78, 5) is 4.17. The summed E-state index contributed by atoms with van der Waals surface area (Å²) in [5.74, 6) is 0.879. The van der Waals surface area contributed by atoms with Gasteiger partial charge in [-0.05, 0) is 55.3 Å². The zero-order chi connectivity index (χ0) is 14.4. The van der Waals surface area contributed by atoms with Crippen LogP contribution < -0.4 is 10.1 Å². The maximum absolute atomic E-state index is 13.2. The van der Waals surface area contributed by atoms with E-state index in [2.05, 4.69) is 17.2 Å². The second kappa shape index (κ2) is 7.01. The fraction of sp³-hybridized carbons (Fsp3) is 0.312. The molecule has 4 heteroatoms. The first-order chi connectivity index (χ1) is 9.69. The Balaban J connectivity index is 2.05. The van der Waals surface area contributed by atoms with E-state index in [1.165, 1.54) is 6.07 Å². The lowest BCUT2D eigenvalue weighted by Gasteiger charge is -2.08. The molecule has 1 N–H and O–H groups in total. The van der Waals surface area contributed by atoms with E-state index < -0.39 is 0 Å². The minimum atomic E-state index is -0.233. The van der Waals surface area contributed by atoms with Gasteiger partial charge >= 0.3 is 0 Å². The van der Waals surface area contributed by atoms with Crippen LogP contribution in [0.25, 0.3) is 0 Å². The van der Waals surface area contributed by atoms with Gasteiger partial charge in [-0.2, -0.15) is 0 Å². The standard InChI is InChI=1S/C16H19FN2O/c1-3-7-18-11-13-6-8-19-16(10-13)20-14-4-5-15(17)12(2)9-14/h4-6,8-10,18H,3,7,11H2,1-2H3. The third-order valence-corrected chi connectivity index (χ3v) is 2.91. The van der Waals surface area contributed by atoms with E-state index in [-0.39, 0.29) is 5.82 Å². The molecule has 1 aromatic heterocycles. The minimum Gasteiger partial charge on any atom is -0.439 e. The highest BCUT2D eigenvalue weighted by molar-refractivity contribution is 5.32. The SMILES string of the molecule is CCCNCc1ccnc(Oc2ccc(F)c(C)c2)c1. The number of nitrogens with zero attached hydrogens (tertiary/aromatic N) is 1. The van der Waals surface area contributed by atoms with Gasteiger partial charge in [0.25, 0.3) is 0 Å². The highest BCUT2D eigenvalue weighted by atomic mass is 19.1. The Morgan fingerprint density at radius 2 is 2.10 bits per heavy atom. The van der Waals surface area contributed by atoms with E-state index in [1.807, 2.05) is 12.1 Å². The maximum atomic E-state index is 13.2. The molecular formula is C16H19FN2O. The molecule has 0 saturated heterocycles. The van der Waals surface area contributed by atoms with E-state index in [9.17, 15) is 4.39 Å². The van der Waals surface area contributed by atoms with Crippen molar-refractivity contribution in [2.75, 3.05) is 6.54 Å². The van der Waals surface area contributed by atoms with Crippen molar-refractivity contribution in [3.63, 3.8) is 0 Å². The number of aryl methyl sites for hydroxylation is 1. The molecule has 2 rings (SSSR count). The fourth-order valence-corrected chi connectivity index (χ4v) is 1.83. The molecule has 0 atom stereocenters. The summed E-state index contributed by atoms with van der Waals surface area (Å²) in [5.41, 5.74) is 1.67. The molecule has 1 heterocycles. The molecule has 20 heavy (non-hydrogen) atoms. The van der Waals surface area contributed by atoms with Crippen LogP contribution in [0.2, 0.25) is 0 Å². The highest BCUT2D eigenvalue weighted by Gasteiger charge is 2.03. The van der Waals surface area contributed by atoms with Gasteiger partial charge in [-0.25, -0.2) is 9.37 Å². The lowest BCUT2D eigenvalue weighted by atomic mass is 10.2. The van der Waals surface area contributed by atoms with E-state index in [4.69, 9.17) is 4.74 Å². The second-order valence-electron chi connectivity index (χ2n) is 4.69. The molecule has 0 spiro atoms. The van der Waals surface area contributed by atoms with Crippen LogP contribution in [0.5, 0.6) is 11.6 Å². The van der Waals surface area contributed by atoms with E-state index >= 15 is 0 Å². The third kappa shape index (κ3) is 4.03. The molecule has 0 radical (unpaired) electrons. The quantitative estimate of drug-likeness (QED) is 0.813. The lowest BCUT2D eigenvalue weighted by molar-refractivity contribution is 0.459. The number of hydrogen-bond acceptors (Lipinski definition) is 3. The molecule has 106 valence electrons. The van der Waals surface area contributed by atoms with Crippen molar-refractivity contribution in [2.24, 2.45) is 0 Å². The summed E-state index contributed by atoms with van der Waals surface area (Å²) in [6, 6.07) is 8.51. The first-order valence-electron chi connectivity index (χ1n) is 6.78. The Morgan fingerprint density at radius 1 is 1.25 bits per heavy atom. The number of ether oxygens (including phenoxy) is 1. The van der Waals surface area contributed by atoms with Crippen LogP contribution in [0.4, 0.5) is 4.39 Å². The first kappa shape index (κ1) is 14.5. The largest absolute Gasteiger partial charge is 0.439 e. The van der Waals surface area contributed by atoms with E-state index in [1.54, 1.807) is 25.3 Å². The summed E-state index contributed by atoms with van der Waals surface area (Å²) < 4.78 is 18.9. The zero-order valence-electron chi connectivity index (χ0n) is 11.8. The Kier molecular flexibility index (Phi) is 5.07. The Bertz CT molecular complexity index is 572. The van der Waals surface area contributed by atoms with Crippen LogP contribution in [0.3, 0.4) is 0 Å². The molecule has 3 nitrogen and oxygen atoms in total. The Hall–Kier alpha value is -1.94. The van der Waals surface area contributed by atoms with Gasteiger partial charge in [0, 0.05) is 18.8 Å². The smallest absolute Gasteiger partial charge is 0.219 e. The van der Waals surface area contributed by atoms with Crippen LogP contribution >= 0.6 is 0 Å². The molecule has 1 aromatic carbocycles. The van der Waals surface area contributed by atoms with Crippen molar-refractivity contribution in [3.8, 4) is 11.6 Å². The van der Waals surface area contributed by atoms with Crippen molar-refractivity contribution in [3.05, 3.63) is 53.5 Å². The van der Waals surface area contributed by atoms with Crippen molar-refractivity contribution in [1.82, 2.24) is 10.3 Å². The van der Waals surface area contributed by atoms with Crippen LogP contribution in [-0.2, 0) is 6.54 Å². The predicted octanol–water partition coefficient (Wildman–Crippen LogP) is 3.82. The van der Waals surface area contributed by atoms with Gasteiger partial charge in [-0.15, -0.1) is 0 Å². The van der Waals surface area contributed by atoms with Crippen molar-refractivity contribution in [2.45, 2.75) is 26.8 Å². The highest BCUT2D eigenvalue weighted by Crippen LogP contribution is 2.22. The van der Waals surface area contributed by atoms with Crippen LogP contribution in [-0.4, -0.2) is 11.5 Å². The van der Waals surface area contributed by atoms with Crippen LogP contribution in [0, 0.1) is 12.7 Å². The van der Waals surface area contributed by atoms with Crippen molar-refractivity contribution < 1.29 is 9.13 Å². The topological polar surface area (TPSA) is 34.2 Å². The molecule has 0 aliphatic carbocycles. The van der Waals surface area contributed by atoms with Gasteiger partial charge in [0.1, 0.15) is 11.6 Å². The van der Waals surface area contributed by atoms with E-state index in [0.717, 1.165) is 25.1 Å². The molecule has 0 saturated carbocycles. The maximum Gasteiger partial charge on any atom is 0.219 e. The summed E-state index contributed by atoms with van der Waals surface area (Å²) in [6.45, 7) is 5.61. The molecule has 0 bridgehead atoms. The molecule has 0 unspecified atom stereocenters. The molecule has 0 aliphatic heterocycles. The van der Waals surface area contributed by atoms with Gasteiger partial charge in [-0.1, -0.05) is 6.92 Å². The molecule has 0 fully saturated rings. The molecular weight excluding hydrogens is 255 g/mol. The number of hydrogen-bond donors (Lipinski definition) is 1. The second-order valence-corrected chi connectivity index (χ2v) is 4.69. The monoisotopic (exact) mass is 274 g/mol. The van der Waals surface area contributed by atoms with Gasteiger partial charge in [-0.3, -0.25) is 0 Å². The predicted molar refractivity (Wildman–Crippen MR) is 77.4 cm³/mol. The van der Waals surface area contributed by atoms with Crippen LogP contribution in [0.15, 0.2) is 36.5 Å². The van der Waals surface area contributed by atoms with Crippen LogP contribution in [0.1, 0.15) is 24.5 Å².